The van der Waals surface area contributed by atoms with E-state index in [0.717, 1.165) is 30.3 Å². The summed E-state index contributed by atoms with van der Waals surface area (Å²) in [6, 6.07) is 5.97. The topological polar surface area (TPSA) is 29.5 Å². The molecule has 16 heavy (non-hydrogen) atoms. The minimum absolute atomic E-state index is 0.462. The maximum Gasteiger partial charge on any atom is 0.125 e. The fourth-order valence-corrected chi connectivity index (χ4v) is 1.85. The molecule has 88 valence electrons. The van der Waals surface area contributed by atoms with E-state index in [1.807, 2.05) is 25.1 Å². The van der Waals surface area contributed by atoms with E-state index in [2.05, 4.69) is 0 Å². The van der Waals surface area contributed by atoms with Gasteiger partial charge in [0, 0.05) is 5.56 Å². The van der Waals surface area contributed by atoms with Gasteiger partial charge in [-0.05, 0) is 37.8 Å². The molecule has 0 amide bonds. The average molecular weight is 220 g/mol. The van der Waals surface area contributed by atoms with E-state index in [1.54, 1.807) is 6.92 Å². The summed E-state index contributed by atoms with van der Waals surface area (Å²) in [6.45, 7) is 4.59. The molecule has 2 nitrogen and oxygen atoms in total. The molecule has 1 atom stereocenters. The maximum absolute atomic E-state index is 9.64. The summed E-state index contributed by atoms with van der Waals surface area (Å²) in [6.07, 6.45) is 3.41. The van der Waals surface area contributed by atoms with Gasteiger partial charge in [0.25, 0.3) is 0 Å². The van der Waals surface area contributed by atoms with E-state index >= 15 is 0 Å². The van der Waals surface area contributed by atoms with Gasteiger partial charge in [0.15, 0.2) is 0 Å². The van der Waals surface area contributed by atoms with Crippen molar-refractivity contribution < 1.29 is 9.84 Å². The third kappa shape index (κ3) is 2.99. The molecule has 0 aromatic heterocycles. The van der Waals surface area contributed by atoms with Gasteiger partial charge in [-0.15, -0.1) is 0 Å². The number of benzene rings is 1. The summed E-state index contributed by atoms with van der Waals surface area (Å²) in [7, 11) is 0. The summed E-state index contributed by atoms with van der Waals surface area (Å²) >= 11 is 0. The highest BCUT2D eigenvalue weighted by Crippen LogP contribution is 2.33. The number of ether oxygens (including phenoxy) is 1. The summed E-state index contributed by atoms with van der Waals surface area (Å²) in [5.74, 6) is 1.73. The normalized spacial score (nSPS) is 17.2. The number of rotatable bonds is 5. The molecule has 1 N–H and O–H groups in total. The zero-order valence-corrected chi connectivity index (χ0v) is 10.1. The van der Waals surface area contributed by atoms with Crippen molar-refractivity contribution in [1.29, 1.82) is 0 Å². The van der Waals surface area contributed by atoms with E-state index in [4.69, 9.17) is 4.74 Å². The van der Waals surface area contributed by atoms with Crippen LogP contribution in [0.5, 0.6) is 5.75 Å². The van der Waals surface area contributed by atoms with Crippen LogP contribution in [-0.2, 0) is 0 Å². The molecule has 2 rings (SSSR count). The minimum Gasteiger partial charge on any atom is -0.493 e. The number of hydrogen-bond acceptors (Lipinski definition) is 2. The highest BCUT2D eigenvalue weighted by atomic mass is 16.5. The highest BCUT2D eigenvalue weighted by molar-refractivity contribution is 5.38. The van der Waals surface area contributed by atoms with Crippen molar-refractivity contribution in [1.82, 2.24) is 0 Å². The van der Waals surface area contributed by atoms with Gasteiger partial charge < -0.3 is 9.84 Å². The average Bonchev–Trinajstić information content (AvgIpc) is 3.01. The van der Waals surface area contributed by atoms with Crippen molar-refractivity contribution in [3.8, 4) is 5.75 Å². The van der Waals surface area contributed by atoms with Crippen LogP contribution < -0.4 is 4.74 Å². The molecule has 1 aliphatic rings. The van der Waals surface area contributed by atoms with Gasteiger partial charge in [-0.25, -0.2) is 0 Å². The molecule has 1 unspecified atom stereocenters. The predicted molar refractivity (Wildman–Crippen MR) is 64.6 cm³/mol. The fourth-order valence-electron chi connectivity index (χ4n) is 1.85. The largest absolute Gasteiger partial charge is 0.493 e. The van der Waals surface area contributed by atoms with Crippen LogP contribution in [0.2, 0.25) is 0 Å². The van der Waals surface area contributed by atoms with E-state index in [-0.39, 0.29) is 0 Å². The first-order chi connectivity index (χ1) is 7.66. The van der Waals surface area contributed by atoms with Crippen molar-refractivity contribution >= 4 is 0 Å². The van der Waals surface area contributed by atoms with Crippen LogP contribution in [-0.4, -0.2) is 11.7 Å². The molecular formula is C14H20O2. The fraction of sp³-hybridized carbons (Fsp3) is 0.571. The minimum atomic E-state index is -0.462. The van der Waals surface area contributed by atoms with Gasteiger partial charge in [0.2, 0.25) is 0 Å². The monoisotopic (exact) mass is 220 g/mol. The number of hydrogen-bond donors (Lipinski definition) is 1. The van der Waals surface area contributed by atoms with Crippen molar-refractivity contribution in [3.05, 3.63) is 29.3 Å². The van der Waals surface area contributed by atoms with Crippen molar-refractivity contribution in [2.45, 2.75) is 39.2 Å². The van der Waals surface area contributed by atoms with Crippen molar-refractivity contribution in [2.75, 3.05) is 6.61 Å². The Morgan fingerprint density at radius 3 is 2.81 bits per heavy atom. The van der Waals surface area contributed by atoms with E-state index < -0.39 is 6.10 Å². The molecule has 0 bridgehead atoms. The molecule has 0 aliphatic heterocycles. The molecule has 1 fully saturated rings. The Bertz CT molecular complexity index is 354. The van der Waals surface area contributed by atoms with Crippen molar-refractivity contribution in [3.63, 3.8) is 0 Å². The first-order valence-corrected chi connectivity index (χ1v) is 6.08. The summed E-state index contributed by atoms with van der Waals surface area (Å²) < 4.78 is 5.77. The Hall–Kier alpha value is -1.02. The summed E-state index contributed by atoms with van der Waals surface area (Å²) in [4.78, 5) is 0. The van der Waals surface area contributed by atoms with Crippen LogP contribution >= 0.6 is 0 Å². The Morgan fingerprint density at radius 1 is 1.44 bits per heavy atom. The Morgan fingerprint density at radius 2 is 2.19 bits per heavy atom. The van der Waals surface area contributed by atoms with Gasteiger partial charge in [-0.2, -0.15) is 0 Å². The molecule has 0 spiro atoms. The third-order valence-electron chi connectivity index (χ3n) is 3.10. The molecule has 1 aromatic rings. The summed E-state index contributed by atoms with van der Waals surface area (Å²) in [5.41, 5.74) is 2.06. The zero-order chi connectivity index (χ0) is 11.5. The van der Waals surface area contributed by atoms with Crippen LogP contribution in [0.15, 0.2) is 18.2 Å². The lowest BCUT2D eigenvalue weighted by atomic mass is 10.1. The number of aliphatic hydroxyl groups is 1. The quantitative estimate of drug-likeness (QED) is 0.825. The Kier molecular flexibility index (Phi) is 3.49. The van der Waals surface area contributed by atoms with Gasteiger partial charge in [0.1, 0.15) is 5.75 Å². The van der Waals surface area contributed by atoms with Gasteiger partial charge in [-0.3, -0.25) is 0 Å². The second-order valence-electron chi connectivity index (χ2n) is 4.80. The first-order valence-electron chi connectivity index (χ1n) is 6.08. The number of aliphatic hydroxyl groups excluding tert-OH is 1. The SMILES string of the molecule is Cc1ccc(C(C)O)c(OCCC2CC2)c1. The highest BCUT2D eigenvalue weighted by Gasteiger charge is 2.21. The van der Waals surface area contributed by atoms with E-state index in [0.29, 0.717) is 0 Å². The second-order valence-corrected chi connectivity index (χ2v) is 4.80. The zero-order valence-electron chi connectivity index (χ0n) is 10.1. The molecule has 1 aromatic carbocycles. The van der Waals surface area contributed by atoms with Crippen LogP contribution in [0.1, 0.15) is 43.4 Å². The lowest BCUT2D eigenvalue weighted by Crippen LogP contribution is -2.03. The lowest BCUT2D eigenvalue weighted by molar-refractivity contribution is 0.190. The molecular weight excluding hydrogens is 200 g/mol. The Labute approximate surface area is 97.3 Å². The predicted octanol–water partition coefficient (Wildman–Crippen LogP) is 3.23. The summed E-state index contributed by atoms with van der Waals surface area (Å²) in [5, 5.41) is 9.64. The smallest absolute Gasteiger partial charge is 0.125 e. The third-order valence-corrected chi connectivity index (χ3v) is 3.10. The van der Waals surface area contributed by atoms with Crippen LogP contribution in [0, 0.1) is 12.8 Å². The molecule has 1 saturated carbocycles. The molecule has 0 heterocycles. The van der Waals surface area contributed by atoms with E-state index in [1.165, 1.54) is 18.4 Å². The van der Waals surface area contributed by atoms with Gasteiger partial charge in [-0.1, -0.05) is 25.0 Å². The van der Waals surface area contributed by atoms with Crippen LogP contribution in [0.25, 0.3) is 0 Å². The number of aryl methyl sites for hydroxylation is 1. The van der Waals surface area contributed by atoms with E-state index in [9.17, 15) is 5.11 Å². The maximum atomic E-state index is 9.64. The van der Waals surface area contributed by atoms with Gasteiger partial charge in [0.05, 0.1) is 12.7 Å². The first kappa shape index (κ1) is 11.5. The van der Waals surface area contributed by atoms with Crippen molar-refractivity contribution in [2.24, 2.45) is 5.92 Å². The Balaban J connectivity index is 2.00. The van der Waals surface area contributed by atoms with Gasteiger partial charge >= 0.3 is 0 Å². The van der Waals surface area contributed by atoms with Crippen LogP contribution in [0.3, 0.4) is 0 Å². The second kappa shape index (κ2) is 4.88. The molecule has 0 saturated heterocycles. The standard InChI is InChI=1S/C14H20O2/c1-10-3-6-13(11(2)15)14(9-10)16-8-7-12-4-5-12/h3,6,9,11-12,15H,4-5,7-8H2,1-2H3. The molecule has 2 heteroatoms. The molecule has 1 aliphatic carbocycles. The molecule has 0 radical (unpaired) electrons. The van der Waals surface area contributed by atoms with Crippen LogP contribution in [0.4, 0.5) is 0 Å². The lowest BCUT2D eigenvalue weighted by Gasteiger charge is -2.14.